The lowest BCUT2D eigenvalue weighted by Gasteiger charge is -2.34. The van der Waals surface area contributed by atoms with Gasteiger partial charge >= 0.3 is 0 Å². The van der Waals surface area contributed by atoms with Crippen molar-refractivity contribution in [2.45, 2.75) is 45.1 Å². The van der Waals surface area contributed by atoms with Crippen LogP contribution in [0.15, 0.2) is 33.6 Å². The topological polar surface area (TPSA) is 75.5 Å². The van der Waals surface area contributed by atoms with Gasteiger partial charge in [-0.25, -0.2) is 8.42 Å². The highest BCUT2D eigenvalue weighted by Gasteiger charge is 2.30. The first kappa shape index (κ1) is 22.0. The monoisotopic (exact) mass is 482 g/mol. The van der Waals surface area contributed by atoms with E-state index < -0.39 is 10.0 Å². The lowest BCUT2D eigenvalue weighted by molar-refractivity contribution is -0.133. The minimum absolute atomic E-state index is 0.0218. The van der Waals surface area contributed by atoms with Crippen molar-refractivity contribution in [1.29, 1.82) is 0 Å². The number of amides is 1. The number of piperazine rings is 1. The zero-order chi connectivity index (χ0) is 21.3. The van der Waals surface area contributed by atoms with Crippen LogP contribution < -0.4 is 0 Å². The summed E-state index contributed by atoms with van der Waals surface area (Å²) in [5.74, 6) is 0.0218. The molecule has 2 heterocycles. The predicted molar refractivity (Wildman–Crippen MR) is 115 cm³/mol. The molecule has 1 aromatic heterocycles. The summed E-state index contributed by atoms with van der Waals surface area (Å²) in [6, 6.07) is 6.80. The molecule has 9 heteroatoms. The summed E-state index contributed by atoms with van der Waals surface area (Å²) in [6.07, 6.45) is 0.332. The first-order valence-corrected chi connectivity index (χ1v) is 11.9. The highest BCUT2D eigenvalue weighted by molar-refractivity contribution is 9.10. The number of aryl methyl sites for hydroxylation is 2. The number of sulfonamides is 1. The Morgan fingerprint density at radius 1 is 1.10 bits per heavy atom. The second kappa shape index (κ2) is 8.57. The van der Waals surface area contributed by atoms with E-state index in [4.69, 9.17) is 0 Å². The number of carbonyl (C=O) groups is 1. The summed E-state index contributed by atoms with van der Waals surface area (Å²) in [6.45, 7) is 9.21. The third-order valence-electron chi connectivity index (χ3n) is 5.37. The predicted octanol–water partition coefficient (Wildman–Crippen LogP) is 3.06. The van der Waals surface area contributed by atoms with Crippen molar-refractivity contribution in [3.05, 3.63) is 45.7 Å². The van der Waals surface area contributed by atoms with Crippen molar-refractivity contribution >= 4 is 31.9 Å². The van der Waals surface area contributed by atoms with Gasteiger partial charge in [0.25, 0.3) is 0 Å². The van der Waals surface area contributed by atoms with Gasteiger partial charge in [0.2, 0.25) is 15.9 Å². The Balaban J connectivity index is 1.60. The lowest BCUT2D eigenvalue weighted by Crippen LogP contribution is -2.50. The Morgan fingerprint density at radius 3 is 2.21 bits per heavy atom. The first-order valence-electron chi connectivity index (χ1n) is 9.67. The van der Waals surface area contributed by atoms with Crippen LogP contribution in [0.25, 0.3) is 0 Å². The Hall–Kier alpha value is -1.71. The summed E-state index contributed by atoms with van der Waals surface area (Å²) in [7, 11) is -3.53. The van der Waals surface area contributed by atoms with Gasteiger partial charge in [0.05, 0.1) is 26.8 Å². The SMILES string of the molecule is Cc1ccc(S(=O)(=O)N2CCN(C(=O)C[C@@H](C)n3nc(C)c(Br)c3C)CC2)cc1. The van der Waals surface area contributed by atoms with Crippen molar-refractivity contribution in [3.8, 4) is 0 Å². The Bertz CT molecular complexity index is 993. The molecule has 1 aliphatic heterocycles. The molecule has 3 rings (SSSR count). The molecular weight excluding hydrogens is 456 g/mol. The summed E-state index contributed by atoms with van der Waals surface area (Å²) in [5, 5.41) is 4.50. The Morgan fingerprint density at radius 2 is 1.69 bits per heavy atom. The molecule has 1 aromatic carbocycles. The maximum atomic E-state index is 12.8. The van der Waals surface area contributed by atoms with E-state index in [9.17, 15) is 13.2 Å². The average Bonchev–Trinajstić information content (AvgIpc) is 2.96. The Kier molecular flexibility index (Phi) is 6.50. The van der Waals surface area contributed by atoms with E-state index in [0.29, 0.717) is 37.5 Å². The molecule has 1 saturated heterocycles. The molecule has 158 valence electrons. The van der Waals surface area contributed by atoms with Crippen molar-refractivity contribution in [3.63, 3.8) is 0 Å². The second-order valence-corrected chi connectivity index (χ2v) is 10.3. The first-order chi connectivity index (χ1) is 13.6. The minimum Gasteiger partial charge on any atom is -0.340 e. The number of hydrogen-bond acceptors (Lipinski definition) is 4. The largest absolute Gasteiger partial charge is 0.340 e. The number of carbonyl (C=O) groups excluding carboxylic acids is 1. The lowest BCUT2D eigenvalue weighted by atomic mass is 10.2. The van der Waals surface area contributed by atoms with Gasteiger partial charge in [0.15, 0.2) is 0 Å². The molecule has 7 nitrogen and oxygen atoms in total. The number of nitrogens with zero attached hydrogens (tertiary/aromatic N) is 4. The van der Waals surface area contributed by atoms with Crippen molar-refractivity contribution in [1.82, 2.24) is 19.0 Å². The maximum absolute atomic E-state index is 12.8. The normalized spacial score (nSPS) is 16.8. The fraction of sp³-hybridized carbons (Fsp3) is 0.500. The minimum atomic E-state index is -3.53. The second-order valence-electron chi connectivity index (χ2n) is 7.58. The van der Waals surface area contributed by atoms with E-state index in [1.807, 2.05) is 32.4 Å². The van der Waals surface area contributed by atoms with E-state index in [0.717, 1.165) is 21.4 Å². The zero-order valence-corrected chi connectivity index (χ0v) is 19.6. The van der Waals surface area contributed by atoms with Crippen LogP contribution in [0.5, 0.6) is 0 Å². The molecule has 0 unspecified atom stereocenters. The van der Waals surface area contributed by atoms with Gasteiger partial charge in [0.1, 0.15) is 0 Å². The van der Waals surface area contributed by atoms with Crippen LogP contribution in [0.3, 0.4) is 0 Å². The molecule has 0 aliphatic carbocycles. The van der Waals surface area contributed by atoms with Gasteiger partial charge in [-0.15, -0.1) is 0 Å². The van der Waals surface area contributed by atoms with E-state index in [1.165, 1.54) is 4.31 Å². The fourth-order valence-electron chi connectivity index (χ4n) is 3.58. The third kappa shape index (κ3) is 4.57. The smallest absolute Gasteiger partial charge is 0.243 e. The highest BCUT2D eigenvalue weighted by atomic mass is 79.9. The molecule has 1 fully saturated rings. The molecule has 0 bridgehead atoms. The number of halogens is 1. The summed E-state index contributed by atoms with van der Waals surface area (Å²) < 4.78 is 29.9. The van der Waals surface area contributed by atoms with E-state index in [1.54, 1.807) is 29.2 Å². The molecule has 1 amide bonds. The van der Waals surface area contributed by atoms with Gasteiger partial charge in [-0.3, -0.25) is 9.48 Å². The van der Waals surface area contributed by atoms with Gasteiger partial charge in [-0.1, -0.05) is 17.7 Å². The standard InChI is InChI=1S/C20H27BrN4O3S/c1-14-5-7-18(8-6-14)29(27,28)24-11-9-23(10-12-24)19(26)13-15(2)25-17(4)20(21)16(3)22-25/h5-8,15H,9-13H2,1-4H3/t15-/m1/s1. The molecule has 1 atom stereocenters. The van der Waals surface area contributed by atoms with E-state index in [-0.39, 0.29) is 11.9 Å². The van der Waals surface area contributed by atoms with Crippen molar-refractivity contribution < 1.29 is 13.2 Å². The van der Waals surface area contributed by atoms with Gasteiger partial charge in [-0.05, 0) is 55.8 Å². The zero-order valence-electron chi connectivity index (χ0n) is 17.2. The van der Waals surface area contributed by atoms with Gasteiger partial charge in [0, 0.05) is 32.6 Å². The molecule has 0 N–H and O–H groups in total. The van der Waals surface area contributed by atoms with Gasteiger partial charge in [-0.2, -0.15) is 9.40 Å². The third-order valence-corrected chi connectivity index (χ3v) is 8.43. The number of rotatable bonds is 5. The number of hydrogen-bond donors (Lipinski definition) is 0. The molecule has 0 spiro atoms. The fourth-order valence-corrected chi connectivity index (χ4v) is 5.26. The van der Waals surface area contributed by atoms with Crippen LogP contribution in [0.2, 0.25) is 0 Å². The summed E-state index contributed by atoms with van der Waals surface area (Å²) >= 11 is 3.52. The number of aromatic nitrogens is 2. The molecule has 0 radical (unpaired) electrons. The van der Waals surface area contributed by atoms with Crippen LogP contribution in [0, 0.1) is 20.8 Å². The number of benzene rings is 1. The Labute approximate surface area is 180 Å². The molecule has 0 saturated carbocycles. The molecule has 2 aromatic rings. The van der Waals surface area contributed by atoms with Crippen LogP contribution in [-0.4, -0.2) is 59.5 Å². The van der Waals surface area contributed by atoms with Crippen molar-refractivity contribution in [2.24, 2.45) is 0 Å². The van der Waals surface area contributed by atoms with Crippen LogP contribution >= 0.6 is 15.9 Å². The van der Waals surface area contributed by atoms with Crippen LogP contribution in [0.1, 0.15) is 36.3 Å². The van der Waals surface area contributed by atoms with E-state index in [2.05, 4.69) is 21.0 Å². The highest BCUT2D eigenvalue weighted by Crippen LogP contribution is 2.25. The van der Waals surface area contributed by atoms with Crippen LogP contribution in [0.4, 0.5) is 0 Å². The summed E-state index contributed by atoms with van der Waals surface area (Å²) in [5.41, 5.74) is 2.91. The van der Waals surface area contributed by atoms with Crippen molar-refractivity contribution in [2.75, 3.05) is 26.2 Å². The van der Waals surface area contributed by atoms with E-state index >= 15 is 0 Å². The molecule has 1 aliphatic rings. The maximum Gasteiger partial charge on any atom is 0.243 e. The molecule has 29 heavy (non-hydrogen) atoms. The quantitative estimate of drug-likeness (QED) is 0.655. The average molecular weight is 483 g/mol. The van der Waals surface area contributed by atoms with Gasteiger partial charge < -0.3 is 4.90 Å². The molecular formula is C20H27BrN4O3S. The van der Waals surface area contributed by atoms with Crippen LogP contribution in [-0.2, 0) is 14.8 Å². The summed E-state index contributed by atoms with van der Waals surface area (Å²) in [4.78, 5) is 14.8.